The number of nitrogens with zero attached hydrogens (tertiary/aromatic N) is 2. The largest absolute Gasteiger partial charge is 0.477 e. The molecule has 1 N–H and O–H groups in total. The lowest BCUT2D eigenvalue weighted by Gasteiger charge is -2.06. The van der Waals surface area contributed by atoms with E-state index in [-0.39, 0.29) is 11.4 Å². The average Bonchev–Trinajstić information content (AvgIpc) is 2.29. The Hall–Kier alpha value is -1.65. The van der Waals surface area contributed by atoms with Gasteiger partial charge in [0, 0.05) is 0 Å². The lowest BCUT2D eigenvalue weighted by atomic mass is 10.2. The second-order valence-corrected chi connectivity index (χ2v) is 3.46. The maximum Gasteiger partial charge on any atom is 0.341 e. The van der Waals surface area contributed by atoms with Crippen LogP contribution < -0.4 is 4.74 Å². The van der Waals surface area contributed by atoms with Crippen molar-refractivity contribution in [3.8, 4) is 5.88 Å². The van der Waals surface area contributed by atoms with E-state index < -0.39 is 5.97 Å². The zero-order valence-electron chi connectivity index (χ0n) is 9.35. The molecule has 5 nitrogen and oxygen atoms in total. The van der Waals surface area contributed by atoms with Crippen molar-refractivity contribution in [3.05, 3.63) is 17.8 Å². The molecular weight excluding hydrogens is 208 g/mol. The van der Waals surface area contributed by atoms with Gasteiger partial charge in [0.1, 0.15) is 5.56 Å². The van der Waals surface area contributed by atoms with E-state index in [1.165, 1.54) is 12.3 Å². The number of hydrogen-bond acceptors (Lipinski definition) is 4. The minimum absolute atomic E-state index is 0.0606. The lowest BCUT2D eigenvalue weighted by Crippen LogP contribution is -2.07. The maximum atomic E-state index is 10.8. The van der Waals surface area contributed by atoms with E-state index in [2.05, 4.69) is 17.1 Å². The predicted octanol–water partition coefficient (Wildman–Crippen LogP) is 2.13. The summed E-state index contributed by atoms with van der Waals surface area (Å²) in [6.45, 7) is 2.62. The van der Waals surface area contributed by atoms with Gasteiger partial charge in [-0.05, 0) is 12.5 Å². The molecule has 0 amide bonds. The Morgan fingerprint density at radius 3 is 2.94 bits per heavy atom. The van der Waals surface area contributed by atoms with E-state index in [0.717, 1.165) is 25.7 Å². The first-order valence-electron chi connectivity index (χ1n) is 5.43. The monoisotopic (exact) mass is 224 g/mol. The van der Waals surface area contributed by atoms with Crippen LogP contribution in [0.5, 0.6) is 5.88 Å². The summed E-state index contributed by atoms with van der Waals surface area (Å²) in [5, 5.41) is 16.1. The summed E-state index contributed by atoms with van der Waals surface area (Å²) in [6, 6.07) is 1.39. The molecule has 0 fully saturated rings. The number of carboxylic acid groups (broad SMARTS) is 1. The molecule has 88 valence electrons. The van der Waals surface area contributed by atoms with Crippen LogP contribution in [0.25, 0.3) is 0 Å². The molecule has 0 aliphatic rings. The molecule has 0 unspecified atom stereocenters. The molecule has 0 aliphatic heterocycles. The lowest BCUT2D eigenvalue weighted by molar-refractivity contribution is 0.0690. The van der Waals surface area contributed by atoms with Crippen LogP contribution in [0.15, 0.2) is 12.3 Å². The zero-order valence-corrected chi connectivity index (χ0v) is 9.35. The van der Waals surface area contributed by atoms with Gasteiger partial charge in [-0.15, -0.1) is 5.10 Å². The van der Waals surface area contributed by atoms with Crippen LogP contribution in [0.1, 0.15) is 43.0 Å². The Labute approximate surface area is 94.5 Å². The van der Waals surface area contributed by atoms with E-state index in [9.17, 15) is 4.79 Å². The maximum absolute atomic E-state index is 10.8. The Morgan fingerprint density at radius 2 is 2.25 bits per heavy atom. The highest BCUT2D eigenvalue weighted by Crippen LogP contribution is 2.13. The van der Waals surface area contributed by atoms with Gasteiger partial charge in [0.05, 0.1) is 12.8 Å². The Kier molecular flexibility index (Phi) is 5.25. The molecule has 0 spiro atoms. The fourth-order valence-electron chi connectivity index (χ4n) is 1.29. The second-order valence-electron chi connectivity index (χ2n) is 3.46. The van der Waals surface area contributed by atoms with Crippen LogP contribution in [0.3, 0.4) is 0 Å². The van der Waals surface area contributed by atoms with Crippen molar-refractivity contribution < 1.29 is 14.6 Å². The molecule has 0 saturated heterocycles. The van der Waals surface area contributed by atoms with Gasteiger partial charge in [-0.25, -0.2) is 4.79 Å². The zero-order chi connectivity index (χ0) is 11.8. The summed E-state index contributed by atoms with van der Waals surface area (Å²) in [4.78, 5) is 10.8. The van der Waals surface area contributed by atoms with Crippen molar-refractivity contribution in [2.45, 2.75) is 32.6 Å². The van der Waals surface area contributed by atoms with Crippen molar-refractivity contribution in [3.63, 3.8) is 0 Å². The Bertz CT molecular complexity index is 342. The normalized spacial score (nSPS) is 10.1. The highest BCUT2D eigenvalue weighted by Gasteiger charge is 2.12. The van der Waals surface area contributed by atoms with Crippen LogP contribution in [0.2, 0.25) is 0 Å². The topological polar surface area (TPSA) is 72.3 Å². The van der Waals surface area contributed by atoms with Crippen LogP contribution in [0.4, 0.5) is 0 Å². The fourth-order valence-corrected chi connectivity index (χ4v) is 1.29. The van der Waals surface area contributed by atoms with Gasteiger partial charge in [0.25, 0.3) is 0 Å². The quantitative estimate of drug-likeness (QED) is 0.718. The molecule has 0 aromatic carbocycles. The molecule has 0 atom stereocenters. The molecule has 1 heterocycles. The van der Waals surface area contributed by atoms with Gasteiger partial charge in [0.15, 0.2) is 0 Å². The third kappa shape index (κ3) is 3.84. The van der Waals surface area contributed by atoms with E-state index >= 15 is 0 Å². The molecule has 0 saturated carbocycles. The summed E-state index contributed by atoms with van der Waals surface area (Å²) in [6.07, 6.45) is 5.65. The fraction of sp³-hybridized carbons (Fsp3) is 0.545. The molecule has 1 rings (SSSR count). The van der Waals surface area contributed by atoms with Gasteiger partial charge >= 0.3 is 5.97 Å². The summed E-state index contributed by atoms with van der Waals surface area (Å²) in [5.74, 6) is -0.940. The number of aromatic nitrogens is 2. The van der Waals surface area contributed by atoms with Crippen LogP contribution in [-0.4, -0.2) is 27.9 Å². The van der Waals surface area contributed by atoms with Gasteiger partial charge in [-0.1, -0.05) is 26.2 Å². The number of carboxylic acids is 1. The van der Waals surface area contributed by atoms with Gasteiger partial charge in [0.2, 0.25) is 5.88 Å². The van der Waals surface area contributed by atoms with Crippen LogP contribution in [0, 0.1) is 0 Å². The standard InChI is InChI=1S/C11H16N2O3/c1-2-3-4-5-8-16-10-9(11(14)15)6-7-12-13-10/h6-7H,2-5,8H2,1H3,(H,14,15). The molecule has 0 radical (unpaired) electrons. The van der Waals surface area contributed by atoms with Crippen molar-refractivity contribution >= 4 is 5.97 Å². The summed E-state index contributed by atoms with van der Waals surface area (Å²) in [7, 11) is 0. The first-order valence-corrected chi connectivity index (χ1v) is 5.43. The first kappa shape index (κ1) is 12.4. The summed E-state index contributed by atoms with van der Waals surface area (Å²) < 4.78 is 5.29. The molecule has 0 aliphatic carbocycles. The van der Waals surface area contributed by atoms with E-state index in [1.54, 1.807) is 0 Å². The van der Waals surface area contributed by atoms with E-state index in [0.29, 0.717) is 6.61 Å². The molecular formula is C11H16N2O3. The molecule has 0 bridgehead atoms. The van der Waals surface area contributed by atoms with Crippen molar-refractivity contribution in [1.82, 2.24) is 10.2 Å². The molecule has 1 aromatic rings. The van der Waals surface area contributed by atoms with E-state index in [4.69, 9.17) is 9.84 Å². The number of carbonyl (C=O) groups is 1. The third-order valence-corrected chi connectivity index (χ3v) is 2.15. The number of ether oxygens (including phenoxy) is 1. The molecule has 5 heteroatoms. The summed E-state index contributed by atoms with van der Waals surface area (Å²) in [5.41, 5.74) is 0.0606. The molecule has 1 aromatic heterocycles. The van der Waals surface area contributed by atoms with Crippen molar-refractivity contribution in [2.75, 3.05) is 6.61 Å². The SMILES string of the molecule is CCCCCCOc1nnccc1C(=O)O. The molecule has 16 heavy (non-hydrogen) atoms. The first-order chi connectivity index (χ1) is 7.75. The van der Waals surface area contributed by atoms with Crippen molar-refractivity contribution in [1.29, 1.82) is 0 Å². The smallest absolute Gasteiger partial charge is 0.341 e. The second kappa shape index (κ2) is 6.76. The highest BCUT2D eigenvalue weighted by atomic mass is 16.5. The third-order valence-electron chi connectivity index (χ3n) is 2.15. The van der Waals surface area contributed by atoms with Crippen LogP contribution >= 0.6 is 0 Å². The highest BCUT2D eigenvalue weighted by molar-refractivity contribution is 5.89. The van der Waals surface area contributed by atoms with Gasteiger partial charge in [-0.2, -0.15) is 5.10 Å². The Morgan fingerprint density at radius 1 is 1.44 bits per heavy atom. The number of aromatic carboxylic acids is 1. The van der Waals surface area contributed by atoms with Crippen LogP contribution in [-0.2, 0) is 0 Å². The van der Waals surface area contributed by atoms with Gasteiger partial charge in [-0.3, -0.25) is 0 Å². The van der Waals surface area contributed by atoms with Crippen molar-refractivity contribution in [2.24, 2.45) is 0 Å². The average molecular weight is 224 g/mol. The predicted molar refractivity (Wildman–Crippen MR) is 58.6 cm³/mol. The number of hydrogen-bond donors (Lipinski definition) is 1. The van der Waals surface area contributed by atoms with E-state index in [1.807, 2.05) is 0 Å². The minimum atomic E-state index is -1.04. The number of unbranched alkanes of at least 4 members (excludes halogenated alkanes) is 3. The number of rotatable bonds is 7. The Balaban J connectivity index is 2.44. The minimum Gasteiger partial charge on any atom is -0.477 e. The summed E-state index contributed by atoms with van der Waals surface area (Å²) >= 11 is 0. The van der Waals surface area contributed by atoms with Gasteiger partial charge < -0.3 is 9.84 Å².